The number of benzene rings is 3. The smallest absolute Gasteiger partial charge is 0.196 e. The van der Waals surface area contributed by atoms with Crippen molar-refractivity contribution in [1.82, 2.24) is 4.98 Å². The summed E-state index contributed by atoms with van der Waals surface area (Å²) in [4.78, 5) is 18.3. The van der Waals surface area contributed by atoms with E-state index in [-0.39, 0.29) is 5.43 Å². The van der Waals surface area contributed by atoms with E-state index in [2.05, 4.69) is 30.4 Å². The van der Waals surface area contributed by atoms with Gasteiger partial charge in [0.05, 0.1) is 15.6 Å². The van der Waals surface area contributed by atoms with Gasteiger partial charge in [-0.25, -0.2) is 4.98 Å². The van der Waals surface area contributed by atoms with Crippen LogP contribution in [0.4, 0.5) is 5.82 Å². The third-order valence-electron chi connectivity index (χ3n) is 5.04. The Morgan fingerprint density at radius 2 is 1.61 bits per heavy atom. The predicted molar refractivity (Wildman–Crippen MR) is 119 cm³/mol. The zero-order valence-corrected chi connectivity index (χ0v) is 16.2. The summed E-state index contributed by atoms with van der Waals surface area (Å²) >= 11 is 1.64. The van der Waals surface area contributed by atoms with E-state index in [4.69, 9.17) is 4.98 Å². The molecule has 2 aromatic heterocycles. The Kier molecular flexibility index (Phi) is 4.06. The van der Waals surface area contributed by atoms with E-state index in [1.807, 2.05) is 54.6 Å². The summed E-state index contributed by atoms with van der Waals surface area (Å²) < 4.78 is 1.95. The van der Waals surface area contributed by atoms with Crippen LogP contribution in [0, 0.1) is 6.92 Å². The topological polar surface area (TPSA) is 42.0 Å². The van der Waals surface area contributed by atoms with Crippen molar-refractivity contribution in [1.29, 1.82) is 0 Å². The summed E-state index contributed by atoms with van der Waals surface area (Å²) in [5, 5.41) is 5.91. The van der Waals surface area contributed by atoms with Gasteiger partial charge in [-0.2, -0.15) is 0 Å². The van der Waals surface area contributed by atoms with Gasteiger partial charge in [-0.05, 0) is 30.2 Å². The quantitative estimate of drug-likeness (QED) is 0.313. The van der Waals surface area contributed by atoms with Crippen LogP contribution < -0.4 is 10.7 Å². The molecular weight excluding hydrogens is 364 g/mol. The maximum atomic E-state index is 13.4. The van der Waals surface area contributed by atoms with Crippen LogP contribution in [0.2, 0.25) is 0 Å². The number of para-hydroxylation sites is 1. The van der Waals surface area contributed by atoms with E-state index < -0.39 is 0 Å². The molecule has 0 atom stereocenters. The van der Waals surface area contributed by atoms with Gasteiger partial charge in [-0.3, -0.25) is 4.79 Å². The van der Waals surface area contributed by atoms with Crippen LogP contribution in [0.15, 0.2) is 77.6 Å². The Bertz CT molecular complexity index is 1390. The van der Waals surface area contributed by atoms with Crippen LogP contribution in [0.25, 0.3) is 31.1 Å². The van der Waals surface area contributed by atoms with Gasteiger partial charge in [0, 0.05) is 22.0 Å². The zero-order chi connectivity index (χ0) is 19.1. The summed E-state index contributed by atoms with van der Waals surface area (Å²) in [6.07, 6.45) is 0. The highest BCUT2D eigenvalue weighted by atomic mass is 32.1. The van der Waals surface area contributed by atoms with Crippen molar-refractivity contribution in [3.05, 3.63) is 94.1 Å². The first-order valence-electron chi connectivity index (χ1n) is 9.25. The molecule has 0 fully saturated rings. The van der Waals surface area contributed by atoms with Gasteiger partial charge >= 0.3 is 0 Å². The van der Waals surface area contributed by atoms with E-state index in [0.717, 1.165) is 42.5 Å². The van der Waals surface area contributed by atoms with Crippen molar-refractivity contribution in [3.63, 3.8) is 0 Å². The van der Waals surface area contributed by atoms with E-state index >= 15 is 0 Å². The number of rotatable bonds is 3. The maximum Gasteiger partial charge on any atom is 0.196 e. The lowest BCUT2D eigenvalue weighted by molar-refractivity contribution is 1.13. The second-order valence-electron chi connectivity index (χ2n) is 6.90. The fraction of sp³-hybridized carbons (Fsp3) is 0.0833. The second-order valence-corrected chi connectivity index (χ2v) is 7.92. The molecule has 1 N–H and O–H groups in total. The number of pyridine rings is 1. The normalized spacial score (nSPS) is 11.3. The van der Waals surface area contributed by atoms with Crippen LogP contribution in [0.1, 0.15) is 11.1 Å². The minimum absolute atomic E-state index is 0.0776. The summed E-state index contributed by atoms with van der Waals surface area (Å²) in [6, 6.07) is 24.0. The largest absolute Gasteiger partial charge is 0.365 e. The van der Waals surface area contributed by atoms with Crippen LogP contribution in [-0.4, -0.2) is 4.98 Å². The number of hydrogen-bond donors (Lipinski definition) is 1. The molecule has 28 heavy (non-hydrogen) atoms. The highest BCUT2D eigenvalue weighted by molar-refractivity contribution is 7.25. The van der Waals surface area contributed by atoms with Gasteiger partial charge in [0.15, 0.2) is 5.43 Å². The third kappa shape index (κ3) is 2.74. The molecule has 136 valence electrons. The molecule has 0 bridgehead atoms. The molecule has 0 aliphatic carbocycles. The molecule has 2 heterocycles. The zero-order valence-electron chi connectivity index (χ0n) is 15.4. The first-order valence-corrected chi connectivity index (χ1v) is 10.1. The average Bonchev–Trinajstić information content (AvgIpc) is 2.73. The van der Waals surface area contributed by atoms with Gasteiger partial charge < -0.3 is 5.32 Å². The van der Waals surface area contributed by atoms with Crippen molar-refractivity contribution in [2.75, 3.05) is 5.32 Å². The molecule has 0 spiro atoms. The minimum Gasteiger partial charge on any atom is -0.365 e. The van der Waals surface area contributed by atoms with Gasteiger partial charge in [-0.15, -0.1) is 11.3 Å². The van der Waals surface area contributed by atoms with Crippen molar-refractivity contribution in [2.24, 2.45) is 0 Å². The Hall–Kier alpha value is -3.24. The molecule has 0 saturated heterocycles. The Balaban J connectivity index is 1.82. The lowest BCUT2D eigenvalue weighted by Crippen LogP contribution is -2.07. The Morgan fingerprint density at radius 1 is 0.857 bits per heavy atom. The van der Waals surface area contributed by atoms with Gasteiger partial charge in [-0.1, -0.05) is 60.7 Å². The van der Waals surface area contributed by atoms with Gasteiger partial charge in [0.1, 0.15) is 5.82 Å². The predicted octanol–water partition coefficient (Wildman–Crippen LogP) is 5.88. The van der Waals surface area contributed by atoms with Crippen molar-refractivity contribution >= 4 is 48.2 Å². The van der Waals surface area contributed by atoms with E-state index in [9.17, 15) is 4.79 Å². The third-order valence-corrected chi connectivity index (χ3v) is 6.39. The van der Waals surface area contributed by atoms with Gasteiger partial charge in [0.2, 0.25) is 0 Å². The summed E-state index contributed by atoms with van der Waals surface area (Å²) in [5.74, 6) is 0.768. The first kappa shape index (κ1) is 16.9. The van der Waals surface area contributed by atoms with Crippen molar-refractivity contribution < 1.29 is 0 Å². The van der Waals surface area contributed by atoms with Gasteiger partial charge in [0.25, 0.3) is 0 Å². The van der Waals surface area contributed by atoms with Crippen LogP contribution in [0.5, 0.6) is 0 Å². The van der Waals surface area contributed by atoms with Crippen molar-refractivity contribution in [2.45, 2.75) is 13.5 Å². The molecule has 0 unspecified atom stereocenters. The number of aryl methyl sites for hydroxylation is 1. The lowest BCUT2D eigenvalue weighted by atomic mass is 10.1. The fourth-order valence-electron chi connectivity index (χ4n) is 3.62. The number of nitrogens with zero attached hydrogens (tertiary/aromatic N) is 1. The minimum atomic E-state index is 0.0776. The van der Waals surface area contributed by atoms with E-state index in [1.54, 1.807) is 11.3 Å². The highest BCUT2D eigenvalue weighted by Crippen LogP contribution is 2.35. The van der Waals surface area contributed by atoms with Crippen LogP contribution in [0.3, 0.4) is 0 Å². The standard InChI is InChI=1S/C24H18N2OS/c1-15-8-7-12-18-21(27)20-17-11-5-6-13-19(17)26-24(23(20)28-22(15)18)25-14-16-9-3-2-4-10-16/h2-13H,14H2,1H3,(H,25,26). The number of fused-ring (bicyclic) bond motifs is 4. The molecule has 0 aliphatic rings. The number of anilines is 1. The van der Waals surface area contributed by atoms with E-state index in [0.29, 0.717) is 6.54 Å². The summed E-state index contributed by atoms with van der Waals surface area (Å²) in [5.41, 5.74) is 3.20. The SMILES string of the molecule is Cc1cccc2c(=O)c3c(sc12)c(NCc1ccccc1)nc1ccccc13. The molecule has 3 aromatic carbocycles. The average molecular weight is 382 g/mol. The van der Waals surface area contributed by atoms with Crippen molar-refractivity contribution in [3.8, 4) is 0 Å². The molecule has 0 saturated carbocycles. The molecule has 0 radical (unpaired) electrons. The molecule has 4 heteroatoms. The lowest BCUT2D eigenvalue weighted by Gasteiger charge is -2.12. The Labute approximate surface area is 166 Å². The molecule has 5 rings (SSSR count). The molecular formula is C24H18N2OS. The molecule has 0 aliphatic heterocycles. The van der Waals surface area contributed by atoms with Crippen LogP contribution >= 0.6 is 11.3 Å². The van der Waals surface area contributed by atoms with E-state index in [1.165, 1.54) is 5.56 Å². The monoisotopic (exact) mass is 382 g/mol. The molecule has 3 nitrogen and oxygen atoms in total. The fourth-order valence-corrected chi connectivity index (χ4v) is 4.85. The number of aromatic nitrogens is 1. The second kappa shape index (κ2) is 6.73. The molecule has 5 aromatic rings. The number of hydrogen-bond acceptors (Lipinski definition) is 4. The maximum absolute atomic E-state index is 13.4. The number of nitrogens with one attached hydrogen (secondary N) is 1. The first-order chi connectivity index (χ1) is 13.7. The summed E-state index contributed by atoms with van der Waals surface area (Å²) in [6.45, 7) is 2.71. The molecule has 0 amide bonds. The van der Waals surface area contributed by atoms with Crippen LogP contribution in [-0.2, 0) is 6.54 Å². The highest BCUT2D eigenvalue weighted by Gasteiger charge is 2.15. The Morgan fingerprint density at radius 3 is 2.46 bits per heavy atom. The summed E-state index contributed by atoms with van der Waals surface area (Å²) in [7, 11) is 0.